The molecule has 0 atom stereocenters. The highest BCUT2D eigenvalue weighted by atomic mass is 32.2. The summed E-state index contributed by atoms with van der Waals surface area (Å²) in [5, 5.41) is 2.73. The quantitative estimate of drug-likeness (QED) is 0.705. The number of carbonyl (C=O) groups is 1. The maximum atomic E-state index is 13.1. The lowest BCUT2D eigenvalue weighted by Crippen LogP contribution is -2.51. The molecule has 2 aromatic rings. The molecule has 8 nitrogen and oxygen atoms in total. The Bertz CT molecular complexity index is 1060. The zero-order valence-electron chi connectivity index (χ0n) is 18.3. The number of benzene rings is 2. The number of ether oxygens (including phenoxy) is 2. The Morgan fingerprint density at radius 1 is 1.03 bits per heavy atom. The third-order valence-corrected chi connectivity index (χ3v) is 7.25. The summed E-state index contributed by atoms with van der Waals surface area (Å²) in [7, 11) is -0.721. The molecule has 0 aromatic heterocycles. The van der Waals surface area contributed by atoms with Gasteiger partial charge in [-0.2, -0.15) is 17.0 Å². The van der Waals surface area contributed by atoms with Crippen LogP contribution in [-0.4, -0.2) is 56.8 Å². The molecule has 0 radical (unpaired) electrons. The monoisotopic (exact) mass is 447 g/mol. The topological polar surface area (TPSA) is 88.2 Å². The van der Waals surface area contributed by atoms with Crippen molar-refractivity contribution in [1.29, 1.82) is 0 Å². The third kappa shape index (κ3) is 5.36. The molecule has 1 fully saturated rings. The van der Waals surface area contributed by atoms with Crippen LogP contribution >= 0.6 is 0 Å². The Balaban J connectivity index is 1.71. The molecule has 3 rings (SSSR count). The van der Waals surface area contributed by atoms with Crippen LogP contribution in [0.2, 0.25) is 0 Å². The second kappa shape index (κ2) is 9.67. The molecule has 9 heteroatoms. The average molecular weight is 448 g/mol. The summed E-state index contributed by atoms with van der Waals surface area (Å²) in [5.74, 6) is 0.599. The van der Waals surface area contributed by atoms with E-state index in [-0.39, 0.29) is 6.54 Å². The lowest BCUT2D eigenvalue weighted by Gasteiger charge is -2.34. The SMILES string of the molecule is COc1ccc(NC(=O)CN2CCCN(Cc3cc(C)ccc3C)S2(=O)=O)c(OC)c1. The van der Waals surface area contributed by atoms with E-state index in [0.29, 0.717) is 43.2 Å². The minimum atomic E-state index is -3.75. The van der Waals surface area contributed by atoms with Gasteiger partial charge in [0.15, 0.2) is 0 Å². The molecule has 2 aromatic carbocycles. The number of nitrogens with zero attached hydrogens (tertiary/aromatic N) is 2. The van der Waals surface area contributed by atoms with Gasteiger partial charge >= 0.3 is 0 Å². The average Bonchev–Trinajstić information content (AvgIpc) is 2.74. The van der Waals surface area contributed by atoms with Crippen molar-refractivity contribution in [3.05, 3.63) is 53.1 Å². The van der Waals surface area contributed by atoms with Gasteiger partial charge in [-0.05, 0) is 43.5 Å². The summed E-state index contributed by atoms with van der Waals surface area (Å²) in [5.41, 5.74) is 3.55. The van der Waals surface area contributed by atoms with Crippen molar-refractivity contribution in [3.8, 4) is 11.5 Å². The van der Waals surface area contributed by atoms with Crippen molar-refractivity contribution in [1.82, 2.24) is 8.61 Å². The van der Waals surface area contributed by atoms with Gasteiger partial charge in [0.2, 0.25) is 5.91 Å². The third-order valence-electron chi connectivity index (χ3n) is 5.32. The molecule has 0 spiro atoms. The summed E-state index contributed by atoms with van der Waals surface area (Å²) < 4.78 is 39.4. The van der Waals surface area contributed by atoms with Gasteiger partial charge in [-0.25, -0.2) is 0 Å². The van der Waals surface area contributed by atoms with Gasteiger partial charge in [-0.3, -0.25) is 4.79 Å². The minimum absolute atomic E-state index is 0.263. The fourth-order valence-electron chi connectivity index (χ4n) is 3.55. The van der Waals surface area contributed by atoms with Crippen LogP contribution in [0, 0.1) is 13.8 Å². The van der Waals surface area contributed by atoms with Crippen LogP contribution in [0.15, 0.2) is 36.4 Å². The van der Waals surface area contributed by atoms with Crippen molar-refractivity contribution < 1.29 is 22.7 Å². The molecule has 0 unspecified atom stereocenters. The van der Waals surface area contributed by atoms with Crippen LogP contribution in [0.1, 0.15) is 23.1 Å². The second-order valence-corrected chi connectivity index (χ2v) is 9.50. The van der Waals surface area contributed by atoms with E-state index in [1.807, 2.05) is 32.0 Å². The molecule has 1 heterocycles. The van der Waals surface area contributed by atoms with Crippen molar-refractivity contribution in [2.45, 2.75) is 26.8 Å². The summed E-state index contributed by atoms with van der Waals surface area (Å²) >= 11 is 0. The Morgan fingerprint density at radius 3 is 2.48 bits per heavy atom. The number of methoxy groups -OCH3 is 2. The van der Waals surface area contributed by atoms with Crippen molar-refractivity contribution in [3.63, 3.8) is 0 Å². The summed E-state index contributed by atoms with van der Waals surface area (Å²) in [6.45, 7) is 4.72. The molecular formula is C22H29N3O5S. The Hall–Kier alpha value is -2.62. The molecule has 1 N–H and O–H groups in total. The van der Waals surface area contributed by atoms with Crippen LogP contribution in [0.4, 0.5) is 5.69 Å². The number of anilines is 1. The number of carbonyl (C=O) groups excluding carboxylic acids is 1. The lowest BCUT2D eigenvalue weighted by atomic mass is 10.1. The first-order valence-electron chi connectivity index (χ1n) is 10.1. The molecule has 168 valence electrons. The van der Waals surface area contributed by atoms with Gasteiger partial charge < -0.3 is 14.8 Å². The molecule has 0 saturated carbocycles. The molecule has 0 bridgehead atoms. The predicted molar refractivity (Wildman–Crippen MR) is 120 cm³/mol. The highest BCUT2D eigenvalue weighted by Gasteiger charge is 2.35. The Kier molecular flexibility index (Phi) is 7.19. The largest absolute Gasteiger partial charge is 0.497 e. The fraction of sp³-hybridized carbons (Fsp3) is 0.409. The van der Waals surface area contributed by atoms with E-state index in [4.69, 9.17) is 9.47 Å². The molecule has 0 aliphatic carbocycles. The van der Waals surface area contributed by atoms with Gasteiger partial charge in [-0.15, -0.1) is 0 Å². The zero-order valence-corrected chi connectivity index (χ0v) is 19.2. The van der Waals surface area contributed by atoms with E-state index in [1.54, 1.807) is 18.2 Å². The van der Waals surface area contributed by atoms with Crippen molar-refractivity contribution >= 4 is 21.8 Å². The van der Waals surface area contributed by atoms with Crippen LogP contribution < -0.4 is 14.8 Å². The standard InChI is InChI=1S/C22H29N3O5S/c1-16-6-7-17(2)18(12-16)14-24-10-5-11-25(31(24,27)28)15-22(26)23-20-9-8-19(29-3)13-21(20)30-4/h6-9,12-13H,5,10-11,14-15H2,1-4H3,(H,23,26). The fourth-order valence-corrected chi connectivity index (χ4v) is 5.18. The number of rotatable bonds is 7. The first-order valence-corrected chi connectivity index (χ1v) is 11.5. The highest BCUT2D eigenvalue weighted by Crippen LogP contribution is 2.29. The lowest BCUT2D eigenvalue weighted by molar-refractivity contribution is -0.116. The Labute approximate surface area is 183 Å². The Morgan fingerprint density at radius 2 is 1.77 bits per heavy atom. The number of hydrogen-bond acceptors (Lipinski definition) is 5. The number of aryl methyl sites for hydroxylation is 2. The van der Waals surface area contributed by atoms with Crippen LogP contribution in [0.3, 0.4) is 0 Å². The normalized spacial score (nSPS) is 16.6. The van der Waals surface area contributed by atoms with Crippen LogP contribution in [-0.2, 0) is 21.5 Å². The summed E-state index contributed by atoms with van der Waals surface area (Å²) in [6, 6.07) is 11.0. The van der Waals surface area contributed by atoms with Crippen LogP contribution in [0.25, 0.3) is 0 Å². The smallest absolute Gasteiger partial charge is 0.282 e. The van der Waals surface area contributed by atoms with Gasteiger partial charge in [-0.1, -0.05) is 23.8 Å². The molecule has 1 amide bonds. The van der Waals surface area contributed by atoms with Gasteiger partial charge in [0, 0.05) is 25.7 Å². The molecule has 31 heavy (non-hydrogen) atoms. The predicted octanol–water partition coefficient (Wildman–Crippen LogP) is 2.71. The van der Waals surface area contributed by atoms with E-state index in [9.17, 15) is 13.2 Å². The summed E-state index contributed by atoms with van der Waals surface area (Å²) in [6.07, 6.45) is 0.656. The van der Waals surface area contributed by atoms with Gasteiger partial charge in [0.25, 0.3) is 10.2 Å². The molecule has 1 saturated heterocycles. The number of hydrogen-bond donors (Lipinski definition) is 1. The first kappa shape index (κ1) is 23.1. The highest BCUT2D eigenvalue weighted by molar-refractivity contribution is 7.86. The van der Waals surface area contributed by atoms with Gasteiger partial charge in [0.1, 0.15) is 11.5 Å². The maximum absolute atomic E-state index is 13.1. The minimum Gasteiger partial charge on any atom is -0.497 e. The molecular weight excluding hydrogens is 418 g/mol. The maximum Gasteiger partial charge on any atom is 0.282 e. The van der Waals surface area contributed by atoms with Crippen molar-refractivity contribution in [2.24, 2.45) is 0 Å². The van der Waals surface area contributed by atoms with E-state index in [2.05, 4.69) is 5.32 Å². The number of nitrogens with one attached hydrogen (secondary N) is 1. The molecule has 1 aliphatic rings. The van der Waals surface area contributed by atoms with Crippen molar-refractivity contribution in [2.75, 3.05) is 39.2 Å². The van der Waals surface area contributed by atoms with Gasteiger partial charge in [0.05, 0.1) is 26.5 Å². The zero-order chi connectivity index (χ0) is 22.6. The number of amides is 1. The second-order valence-electron chi connectivity index (χ2n) is 7.57. The van der Waals surface area contributed by atoms with E-state index >= 15 is 0 Å². The van der Waals surface area contributed by atoms with E-state index < -0.39 is 16.1 Å². The molecule has 1 aliphatic heterocycles. The van der Waals surface area contributed by atoms with E-state index in [1.165, 1.54) is 22.8 Å². The summed E-state index contributed by atoms with van der Waals surface area (Å²) in [4.78, 5) is 12.6. The van der Waals surface area contributed by atoms with E-state index in [0.717, 1.165) is 16.7 Å². The van der Waals surface area contributed by atoms with Crippen LogP contribution in [0.5, 0.6) is 11.5 Å². The first-order chi connectivity index (χ1) is 14.7.